The Labute approximate surface area is 127 Å². The third-order valence-electron chi connectivity index (χ3n) is 3.03. The van der Waals surface area contributed by atoms with Gasteiger partial charge in [0.2, 0.25) is 0 Å². The first-order chi connectivity index (χ1) is 10.0. The standard InChI is InChI=1S/C15H16ClN3O2/c1-21-13-6-5-10(17)7-9(13)8-19-12-4-2-3-11(16)14(12)15(18)20/h2-7,19H,8,17H2,1H3,(H2,18,20). The van der Waals surface area contributed by atoms with Gasteiger partial charge in [-0.05, 0) is 30.3 Å². The molecule has 0 unspecified atom stereocenters. The van der Waals surface area contributed by atoms with Crippen molar-refractivity contribution in [1.29, 1.82) is 0 Å². The fourth-order valence-corrected chi connectivity index (χ4v) is 2.32. The number of amides is 1. The maximum absolute atomic E-state index is 11.5. The van der Waals surface area contributed by atoms with Gasteiger partial charge in [0.1, 0.15) is 5.75 Å². The minimum absolute atomic E-state index is 0.266. The van der Waals surface area contributed by atoms with Crippen LogP contribution in [0.3, 0.4) is 0 Å². The lowest BCUT2D eigenvalue weighted by Crippen LogP contribution is -2.15. The largest absolute Gasteiger partial charge is 0.496 e. The van der Waals surface area contributed by atoms with Crippen molar-refractivity contribution >= 4 is 28.9 Å². The highest BCUT2D eigenvalue weighted by Gasteiger charge is 2.13. The molecule has 0 saturated heterocycles. The predicted molar refractivity (Wildman–Crippen MR) is 84.7 cm³/mol. The molecule has 0 spiro atoms. The molecule has 0 aliphatic rings. The number of methoxy groups -OCH3 is 1. The lowest BCUT2D eigenvalue weighted by atomic mass is 10.1. The zero-order valence-corrected chi connectivity index (χ0v) is 12.3. The molecule has 1 amide bonds. The van der Waals surface area contributed by atoms with Gasteiger partial charge in [-0.3, -0.25) is 4.79 Å². The molecule has 2 aromatic rings. The molecular formula is C15H16ClN3O2. The molecule has 0 radical (unpaired) electrons. The van der Waals surface area contributed by atoms with E-state index in [0.717, 1.165) is 5.56 Å². The molecule has 5 N–H and O–H groups in total. The minimum atomic E-state index is -0.581. The van der Waals surface area contributed by atoms with E-state index in [4.69, 9.17) is 27.8 Å². The fourth-order valence-electron chi connectivity index (χ4n) is 2.05. The predicted octanol–water partition coefficient (Wildman–Crippen LogP) is 2.64. The Kier molecular flexibility index (Phi) is 4.55. The van der Waals surface area contributed by atoms with Gasteiger partial charge in [0.15, 0.2) is 0 Å². The summed E-state index contributed by atoms with van der Waals surface area (Å²) in [5, 5.41) is 3.44. The topological polar surface area (TPSA) is 90.4 Å². The highest BCUT2D eigenvalue weighted by Crippen LogP contribution is 2.26. The van der Waals surface area contributed by atoms with E-state index in [-0.39, 0.29) is 5.56 Å². The molecular weight excluding hydrogens is 290 g/mol. The molecule has 2 rings (SSSR count). The number of nitrogen functional groups attached to an aromatic ring is 1. The number of benzene rings is 2. The van der Waals surface area contributed by atoms with Gasteiger partial charge in [-0.1, -0.05) is 17.7 Å². The first kappa shape index (κ1) is 15.0. The summed E-state index contributed by atoms with van der Waals surface area (Å²) in [6.07, 6.45) is 0. The summed E-state index contributed by atoms with van der Waals surface area (Å²) in [7, 11) is 1.59. The van der Waals surface area contributed by atoms with Crippen LogP contribution in [0.5, 0.6) is 5.75 Å². The van der Waals surface area contributed by atoms with Crippen molar-refractivity contribution in [3.63, 3.8) is 0 Å². The van der Waals surface area contributed by atoms with Crippen LogP contribution >= 0.6 is 11.6 Å². The number of nitrogens with two attached hydrogens (primary N) is 2. The minimum Gasteiger partial charge on any atom is -0.496 e. The molecule has 0 aliphatic carbocycles. The smallest absolute Gasteiger partial charge is 0.252 e. The molecule has 0 bridgehead atoms. The van der Waals surface area contributed by atoms with Gasteiger partial charge in [-0.15, -0.1) is 0 Å². The van der Waals surface area contributed by atoms with Crippen molar-refractivity contribution in [1.82, 2.24) is 0 Å². The number of rotatable bonds is 5. The first-order valence-electron chi connectivity index (χ1n) is 6.27. The lowest BCUT2D eigenvalue weighted by Gasteiger charge is -2.14. The number of primary amides is 1. The summed E-state index contributed by atoms with van der Waals surface area (Å²) in [6.45, 7) is 0.425. The van der Waals surface area contributed by atoms with Crippen molar-refractivity contribution < 1.29 is 9.53 Å². The molecule has 0 aliphatic heterocycles. The molecule has 0 aromatic heterocycles. The third kappa shape index (κ3) is 3.38. The molecule has 21 heavy (non-hydrogen) atoms. The zero-order chi connectivity index (χ0) is 15.4. The van der Waals surface area contributed by atoms with Gasteiger partial charge in [-0.2, -0.15) is 0 Å². The second-order valence-electron chi connectivity index (χ2n) is 4.45. The van der Waals surface area contributed by atoms with Crippen molar-refractivity contribution in [2.24, 2.45) is 5.73 Å². The normalized spacial score (nSPS) is 10.2. The highest BCUT2D eigenvalue weighted by atomic mass is 35.5. The quantitative estimate of drug-likeness (QED) is 0.741. The van der Waals surface area contributed by atoms with Gasteiger partial charge >= 0.3 is 0 Å². The number of hydrogen-bond acceptors (Lipinski definition) is 4. The number of anilines is 2. The van der Waals surface area contributed by atoms with Crippen LogP contribution in [0.25, 0.3) is 0 Å². The van der Waals surface area contributed by atoms with E-state index >= 15 is 0 Å². The summed E-state index contributed by atoms with van der Waals surface area (Å²) < 4.78 is 5.28. The number of nitrogens with one attached hydrogen (secondary N) is 1. The number of carbonyl (C=O) groups excluding carboxylic acids is 1. The first-order valence-corrected chi connectivity index (χ1v) is 6.65. The van der Waals surface area contributed by atoms with E-state index in [1.807, 2.05) is 0 Å². The number of carbonyl (C=O) groups is 1. The van der Waals surface area contributed by atoms with Gasteiger partial charge < -0.3 is 21.5 Å². The molecule has 0 saturated carbocycles. The number of hydrogen-bond donors (Lipinski definition) is 3. The Bertz CT molecular complexity index is 674. The second-order valence-corrected chi connectivity index (χ2v) is 4.86. The molecule has 110 valence electrons. The Morgan fingerprint density at radius 2 is 2.10 bits per heavy atom. The van der Waals surface area contributed by atoms with E-state index in [0.29, 0.717) is 28.7 Å². The summed E-state index contributed by atoms with van der Waals surface area (Å²) in [5.74, 6) is 0.127. The van der Waals surface area contributed by atoms with Gasteiger partial charge in [0.25, 0.3) is 5.91 Å². The molecule has 6 heteroatoms. The lowest BCUT2D eigenvalue weighted by molar-refractivity contribution is 0.100. The number of ether oxygens (including phenoxy) is 1. The third-order valence-corrected chi connectivity index (χ3v) is 3.35. The maximum atomic E-state index is 11.5. The van der Waals surface area contributed by atoms with E-state index in [9.17, 15) is 4.79 Å². The Hall–Kier alpha value is -2.40. The van der Waals surface area contributed by atoms with Crippen LogP contribution in [0.4, 0.5) is 11.4 Å². The monoisotopic (exact) mass is 305 g/mol. The van der Waals surface area contributed by atoms with Crippen LogP contribution in [-0.4, -0.2) is 13.0 Å². The van der Waals surface area contributed by atoms with Crippen LogP contribution in [0.2, 0.25) is 5.02 Å². The average molecular weight is 306 g/mol. The molecule has 0 heterocycles. The maximum Gasteiger partial charge on any atom is 0.252 e. The Balaban J connectivity index is 2.27. The van der Waals surface area contributed by atoms with E-state index in [1.165, 1.54) is 0 Å². The van der Waals surface area contributed by atoms with Crippen LogP contribution < -0.4 is 21.5 Å². The molecule has 5 nitrogen and oxygen atoms in total. The summed E-state index contributed by atoms with van der Waals surface area (Å²) in [5.41, 5.74) is 13.5. The van der Waals surface area contributed by atoms with E-state index in [1.54, 1.807) is 43.5 Å². The summed E-state index contributed by atoms with van der Waals surface area (Å²) in [4.78, 5) is 11.5. The van der Waals surface area contributed by atoms with E-state index < -0.39 is 5.91 Å². The Morgan fingerprint density at radius 3 is 2.76 bits per heavy atom. The van der Waals surface area contributed by atoms with Crippen LogP contribution in [0.1, 0.15) is 15.9 Å². The van der Waals surface area contributed by atoms with Crippen LogP contribution in [-0.2, 0) is 6.54 Å². The van der Waals surface area contributed by atoms with Gasteiger partial charge in [-0.25, -0.2) is 0 Å². The van der Waals surface area contributed by atoms with Crippen molar-refractivity contribution in [2.45, 2.75) is 6.54 Å². The molecule has 2 aromatic carbocycles. The zero-order valence-electron chi connectivity index (χ0n) is 11.5. The van der Waals surface area contributed by atoms with Crippen LogP contribution in [0, 0.1) is 0 Å². The highest BCUT2D eigenvalue weighted by molar-refractivity contribution is 6.34. The van der Waals surface area contributed by atoms with Crippen molar-refractivity contribution in [3.8, 4) is 5.75 Å². The van der Waals surface area contributed by atoms with Crippen molar-refractivity contribution in [3.05, 3.63) is 52.5 Å². The second kappa shape index (κ2) is 6.37. The average Bonchev–Trinajstić information content (AvgIpc) is 2.44. The SMILES string of the molecule is COc1ccc(N)cc1CNc1cccc(Cl)c1C(N)=O. The molecule has 0 fully saturated rings. The molecule has 0 atom stereocenters. The van der Waals surface area contributed by atoms with E-state index in [2.05, 4.69) is 5.32 Å². The van der Waals surface area contributed by atoms with Gasteiger partial charge in [0, 0.05) is 23.5 Å². The van der Waals surface area contributed by atoms with Gasteiger partial charge in [0.05, 0.1) is 17.7 Å². The summed E-state index contributed by atoms with van der Waals surface area (Å²) >= 11 is 6.00. The number of halogens is 1. The van der Waals surface area contributed by atoms with Crippen LogP contribution in [0.15, 0.2) is 36.4 Å². The van der Waals surface area contributed by atoms with Crippen molar-refractivity contribution in [2.75, 3.05) is 18.2 Å². The summed E-state index contributed by atoms with van der Waals surface area (Å²) in [6, 6.07) is 10.5. The fraction of sp³-hybridized carbons (Fsp3) is 0.133. The Morgan fingerprint density at radius 1 is 1.33 bits per heavy atom.